The van der Waals surface area contributed by atoms with Gasteiger partial charge in [-0.2, -0.15) is 0 Å². The van der Waals surface area contributed by atoms with Gasteiger partial charge in [0.25, 0.3) is 0 Å². The molecule has 0 aliphatic carbocycles. The summed E-state index contributed by atoms with van der Waals surface area (Å²) in [6.07, 6.45) is 1.32. The first-order valence-corrected chi connectivity index (χ1v) is 7.64. The van der Waals surface area contributed by atoms with Gasteiger partial charge in [-0.1, -0.05) is 0 Å². The fourth-order valence-corrected chi connectivity index (χ4v) is 2.53. The Morgan fingerprint density at radius 2 is 2.09 bits per heavy atom. The average Bonchev–Trinajstić information content (AvgIpc) is 2.52. The number of piperazine rings is 1. The van der Waals surface area contributed by atoms with Crippen molar-refractivity contribution in [3.05, 3.63) is 17.8 Å². The van der Waals surface area contributed by atoms with E-state index in [1.54, 1.807) is 31.4 Å². The van der Waals surface area contributed by atoms with Crippen LogP contribution in [0.5, 0.6) is 11.6 Å². The molecule has 0 spiro atoms. The zero-order valence-corrected chi connectivity index (χ0v) is 14.4. The van der Waals surface area contributed by atoms with E-state index in [-0.39, 0.29) is 12.1 Å². The van der Waals surface area contributed by atoms with Crippen LogP contribution in [0, 0.1) is 0 Å². The molecule has 1 aliphatic rings. The van der Waals surface area contributed by atoms with Crippen molar-refractivity contribution >= 4 is 6.09 Å². The number of rotatable bonds is 3. The van der Waals surface area contributed by atoms with Crippen LogP contribution in [0.25, 0.3) is 0 Å². The van der Waals surface area contributed by atoms with Crippen LogP contribution in [0.15, 0.2) is 12.3 Å². The van der Waals surface area contributed by atoms with Crippen molar-refractivity contribution in [3.8, 4) is 11.6 Å². The first-order chi connectivity index (χ1) is 10.9. The lowest BCUT2D eigenvalue weighted by atomic mass is 10.0. The number of pyridine rings is 1. The molecule has 1 amide bonds. The standard InChI is InChI=1S/C16H25N3O4/c1-16(2,3)23-15(20)19-9-8-17-11(10-19)13-12(21-4)6-7-18-14(13)22-5/h6-7,11,17H,8-10H2,1-5H3. The zero-order chi connectivity index (χ0) is 17.0. The van der Waals surface area contributed by atoms with Gasteiger partial charge in [0.15, 0.2) is 0 Å². The van der Waals surface area contributed by atoms with Crippen molar-refractivity contribution in [2.24, 2.45) is 0 Å². The summed E-state index contributed by atoms with van der Waals surface area (Å²) in [6, 6.07) is 1.65. The second-order valence-corrected chi connectivity index (χ2v) is 6.37. The van der Waals surface area contributed by atoms with Gasteiger partial charge in [-0.25, -0.2) is 9.78 Å². The minimum Gasteiger partial charge on any atom is -0.496 e. The zero-order valence-electron chi connectivity index (χ0n) is 14.4. The highest BCUT2D eigenvalue weighted by atomic mass is 16.6. The lowest BCUT2D eigenvalue weighted by molar-refractivity contribution is 0.0193. The number of aromatic nitrogens is 1. The van der Waals surface area contributed by atoms with Gasteiger partial charge < -0.3 is 24.4 Å². The van der Waals surface area contributed by atoms with Crippen LogP contribution < -0.4 is 14.8 Å². The van der Waals surface area contributed by atoms with Gasteiger partial charge in [-0.3, -0.25) is 0 Å². The Hall–Kier alpha value is -2.02. The number of carbonyl (C=O) groups is 1. The highest BCUT2D eigenvalue weighted by Gasteiger charge is 2.31. The Kier molecular flexibility index (Phi) is 5.30. The molecule has 1 aromatic heterocycles. The van der Waals surface area contributed by atoms with E-state index in [2.05, 4.69) is 10.3 Å². The Labute approximate surface area is 136 Å². The first kappa shape index (κ1) is 17.3. The average molecular weight is 323 g/mol. The number of amides is 1. The molecule has 1 aliphatic heterocycles. The molecule has 1 fully saturated rings. The number of hydrogen-bond donors (Lipinski definition) is 1. The van der Waals surface area contributed by atoms with Crippen LogP contribution >= 0.6 is 0 Å². The quantitative estimate of drug-likeness (QED) is 0.917. The number of nitrogens with one attached hydrogen (secondary N) is 1. The van der Waals surface area contributed by atoms with Gasteiger partial charge in [0.05, 0.1) is 25.8 Å². The van der Waals surface area contributed by atoms with Gasteiger partial charge >= 0.3 is 6.09 Å². The Bertz CT molecular complexity index is 534. The van der Waals surface area contributed by atoms with E-state index in [0.29, 0.717) is 31.3 Å². The number of nitrogens with zero attached hydrogens (tertiary/aromatic N) is 2. The molecule has 128 valence electrons. The normalized spacial score (nSPS) is 18.5. The topological polar surface area (TPSA) is 72.9 Å². The van der Waals surface area contributed by atoms with Gasteiger partial charge in [0, 0.05) is 25.8 Å². The molecule has 1 saturated heterocycles. The van der Waals surface area contributed by atoms with Gasteiger partial charge in [-0.05, 0) is 26.8 Å². The summed E-state index contributed by atoms with van der Waals surface area (Å²) in [7, 11) is 3.17. The predicted octanol–water partition coefficient (Wildman–Crippen LogP) is 1.98. The lowest BCUT2D eigenvalue weighted by Crippen LogP contribution is -2.49. The second-order valence-electron chi connectivity index (χ2n) is 6.37. The van der Waals surface area contributed by atoms with E-state index in [1.807, 2.05) is 20.8 Å². The van der Waals surface area contributed by atoms with E-state index in [0.717, 1.165) is 5.56 Å². The van der Waals surface area contributed by atoms with E-state index in [1.165, 1.54) is 0 Å². The molecular formula is C16H25N3O4. The smallest absolute Gasteiger partial charge is 0.410 e. The van der Waals surface area contributed by atoms with Crippen LogP contribution in [0.1, 0.15) is 32.4 Å². The molecule has 7 nitrogen and oxygen atoms in total. The van der Waals surface area contributed by atoms with Crippen molar-refractivity contribution in [1.29, 1.82) is 0 Å². The predicted molar refractivity (Wildman–Crippen MR) is 85.9 cm³/mol. The Balaban J connectivity index is 2.20. The Morgan fingerprint density at radius 1 is 1.35 bits per heavy atom. The molecule has 0 saturated carbocycles. The molecule has 0 radical (unpaired) electrons. The van der Waals surface area contributed by atoms with Gasteiger partial charge in [0.1, 0.15) is 11.4 Å². The van der Waals surface area contributed by atoms with E-state index in [4.69, 9.17) is 14.2 Å². The summed E-state index contributed by atoms with van der Waals surface area (Å²) < 4.78 is 16.2. The SMILES string of the molecule is COc1ccnc(OC)c1C1CN(C(=O)OC(C)(C)C)CCN1. The van der Waals surface area contributed by atoms with Crippen LogP contribution in [-0.4, -0.2) is 55.4 Å². The summed E-state index contributed by atoms with van der Waals surface area (Å²) in [4.78, 5) is 18.2. The van der Waals surface area contributed by atoms with E-state index in [9.17, 15) is 4.79 Å². The van der Waals surface area contributed by atoms with Gasteiger partial charge in [-0.15, -0.1) is 0 Å². The van der Waals surface area contributed by atoms with E-state index >= 15 is 0 Å². The van der Waals surface area contributed by atoms with Crippen molar-refractivity contribution in [2.75, 3.05) is 33.9 Å². The largest absolute Gasteiger partial charge is 0.496 e. The van der Waals surface area contributed by atoms with Crippen molar-refractivity contribution in [1.82, 2.24) is 15.2 Å². The van der Waals surface area contributed by atoms with Gasteiger partial charge in [0.2, 0.25) is 5.88 Å². The molecule has 23 heavy (non-hydrogen) atoms. The number of methoxy groups -OCH3 is 2. The van der Waals surface area contributed by atoms with Crippen molar-refractivity contribution in [3.63, 3.8) is 0 Å². The van der Waals surface area contributed by atoms with Crippen LogP contribution in [0.4, 0.5) is 4.79 Å². The molecule has 0 bridgehead atoms. The molecule has 1 N–H and O–H groups in total. The summed E-state index contributed by atoms with van der Waals surface area (Å²) in [5, 5.41) is 3.38. The molecule has 1 unspecified atom stereocenters. The molecule has 0 aromatic carbocycles. The fourth-order valence-electron chi connectivity index (χ4n) is 2.53. The maximum Gasteiger partial charge on any atom is 0.410 e. The second kappa shape index (κ2) is 7.04. The minimum atomic E-state index is -0.513. The van der Waals surface area contributed by atoms with Crippen LogP contribution in [-0.2, 0) is 4.74 Å². The first-order valence-electron chi connectivity index (χ1n) is 7.64. The molecular weight excluding hydrogens is 298 g/mol. The molecule has 1 atom stereocenters. The van der Waals surface area contributed by atoms with Crippen LogP contribution in [0.2, 0.25) is 0 Å². The third-order valence-electron chi connectivity index (χ3n) is 3.50. The molecule has 1 aromatic rings. The maximum atomic E-state index is 12.3. The number of carbonyl (C=O) groups excluding carboxylic acids is 1. The monoisotopic (exact) mass is 323 g/mol. The minimum absolute atomic E-state index is 0.130. The Morgan fingerprint density at radius 3 is 2.70 bits per heavy atom. The third kappa shape index (κ3) is 4.25. The highest BCUT2D eigenvalue weighted by molar-refractivity contribution is 5.68. The maximum absolute atomic E-state index is 12.3. The highest BCUT2D eigenvalue weighted by Crippen LogP contribution is 2.33. The summed E-state index contributed by atoms with van der Waals surface area (Å²) in [5.74, 6) is 1.17. The number of ether oxygens (including phenoxy) is 3. The molecule has 7 heteroatoms. The van der Waals surface area contributed by atoms with Crippen molar-refractivity contribution in [2.45, 2.75) is 32.4 Å². The summed E-state index contributed by atoms with van der Waals surface area (Å²) in [5.41, 5.74) is 0.298. The van der Waals surface area contributed by atoms with E-state index < -0.39 is 5.60 Å². The summed E-state index contributed by atoms with van der Waals surface area (Å²) in [6.45, 7) is 7.29. The lowest BCUT2D eigenvalue weighted by Gasteiger charge is -2.35. The third-order valence-corrected chi connectivity index (χ3v) is 3.50. The number of hydrogen-bond acceptors (Lipinski definition) is 6. The van der Waals surface area contributed by atoms with Crippen LogP contribution in [0.3, 0.4) is 0 Å². The molecule has 2 rings (SSSR count). The summed E-state index contributed by atoms with van der Waals surface area (Å²) >= 11 is 0. The molecule has 2 heterocycles. The fraction of sp³-hybridized carbons (Fsp3) is 0.625. The van der Waals surface area contributed by atoms with Crippen molar-refractivity contribution < 1.29 is 19.0 Å².